The van der Waals surface area contributed by atoms with E-state index in [1.54, 1.807) is 24.1 Å². The van der Waals surface area contributed by atoms with Crippen molar-refractivity contribution in [2.75, 3.05) is 13.6 Å². The van der Waals surface area contributed by atoms with Gasteiger partial charge in [-0.3, -0.25) is 19.3 Å². The largest absolute Gasteiger partial charge is 0.355 e. The summed E-state index contributed by atoms with van der Waals surface area (Å²) in [6.07, 6.45) is 5.32. The van der Waals surface area contributed by atoms with Crippen molar-refractivity contribution < 1.29 is 19.2 Å². The number of nitrogens with one attached hydrogen (secondary N) is 2. The second-order valence-electron chi connectivity index (χ2n) is 8.97. The highest BCUT2D eigenvalue weighted by atomic mass is 16.2. The molecule has 8 nitrogen and oxygen atoms in total. The lowest BCUT2D eigenvalue weighted by Gasteiger charge is -2.36. The van der Waals surface area contributed by atoms with Crippen molar-refractivity contribution in [2.24, 2.45) is 5.92 Å². The van der Waals surface area contributed by atoms with Crippen molar-refractivity contribution in [2.45, 2.75) is 63.6 Å². The first kappa shape index (κ1) is 21.3. The lowest BCUT2D eigenvalue weighted by molar-refractivity contribution is -0.141. The highest BCUT2D eigenvalue weighted by Gasteiger charge is 2.55. The summed E-state index contributed by atoms with van der Waals surface area (Å²) in [5, 5.41) is 5.49. The van der Waals surface area contributed by atoms with E-state index in [0.717, 1.165) is 42.6 Å². The number of hydrogen-bond acceptors (Lipinski definition) is 4. The summed E-state index contributed by atoms with van der Waals surface area (Å²) < 4.78 is 0. The standard InChI is InChI=1S/C23H30N4O4/c1-15-5-3-4-12-23(15)21(30)27(22(31)25-23)14-19(28)26(18-10-11-18)13-16-6-8-17(9-7-16)20(29)24-2/h6-9,15,18H,3-5,10-14H2,1-2H3,(H,24,29)(H,25,31). The van der Waals surface area contributed by atoms with E-state index in [-0.39, 0.29) is 36.2 Å². The molecule has 1 aromatic carbocycles. The Kier molecular flexibility index (Phi) is 5.73. The molecule has 2 aliphatic carbocycles. The molecule has 8 heteroatoms. The molecular formula is C23H30N4O4. The fraction of sp³-hybridized carbons (Fsp3) is 0.565. The number of carbonyl (C=O) groups is 4. The zero-order chi connectivity index (χ0) is 22.2. The Balaban J connectivity index is 1.45. The van der Waals surface area contributed by atoms with Gasteiger partial charge in [0.25, 0.3) is 11.8 Å². The number of amides is 5. The molecule has 2 N–H and O–H groups in total. The molecule has 1 aromatic rings. The number of hydrogen-bond donors (Lipinski definition) is 2. The molecule has 1 aliphatic heterocycles. The van der Waals surface area contributed by atoms with Crippen LogP contribution >= 0.6 is 0 Å². The predicted octanol–water partition coefficient (Wildman–Crippen LogP) is 2.04. The first-order chi connectivity index (χ1) is 14.9. The maximum absolute atomic E-state index is 13.2. The minimum atomic E-state index is -0.851. The zero-order valence-corrected chi connectivity index (χ0v) is 18.1. The molecule has 2 saturated carbocycles. The van der Waals surface area contributed by atoms with Crippen molar-refractivity contribution in [1.82, 2.24) is 20.4 Å². The SMILES string of the molecule is CNC(=O)c1ccc(CN(C(=O)CN2C(=O)NC3(CCCCC3C)C2=O)C2CC2)cc1. The first-order valence-electron chi connectivity index (χ1n) is 11.1. The molecule has 1 spiro atoms. The van der Waals surface area contributed by atoms with Crippen LogP contribution in [0.1, 0.15) is 61.4 Å². The van der Waals surface area contributed by atoms with Crippen molar-refractivity contribution in [3.63, 3.8) is 0 Å². The van der Waals surface area contributed by atoms with Gasteiger partial charge in [0.05, 0.1) is 0 Å². The van der Waals surface area contributed by atoms with Gasteiger partial charge in [-0.25, -0.2) is 4.79 Å². The summed E-state index contributed by atoms with van der Waals surface area (Å²) in [6.45, 7) is 2.16. The summed E-state index contributed by atoms with van der Waals surface area (Å²) in [7, 11) is 1.58. The first-order valence-corrected chi connectivity index (χ1v) is 11.1. The molecule has 1 saturated heterocycles. The average Bonchev–Trinajstić information content (AvgIpc) is 3.58. The van der Waals surface area contributed by atoms with Crippen LogP contribution < -0.4 is 10.6 Å². The number of rotatable bonds is 6. The van der Waals surface area contributed by atoms with Crippen LogP contribution in [-0.2, 0) is 16.1 Å². The predicted molar refractivity (Wildman–Crippen MR) is 114 cm³/mol. The number of benzene rings is 1. The molecule has 4 rings (SSSR count). The van der Waals surface area contributed by atoms with Gasteiger partial charge < -0.3 is 15.5 Å². The Labute approximate surface area is 182 Å². The monoisotopic (exact) mass is 426 g/mol. The van der Waals surface area contributed by atoms with Crippen molar-refractivity contribution in [3.8, 4) is 0 Å². The fourth-order valence-corrected chi connectivity index (χ4v) is 4.77. The Morgan fingerprint density at radius 3 is 2.48 bits per heavy atom. The highest BCUT2D eigenvalue weighted by Crippen LogP contribution is 2.38. The lowest BCUT2D eigenvalue weighted by atomic mass is 9.73. The van der Waals surface area contributed by atoms with Gasteiger partial charge in [0.1, 0.15) is 12.1 Å². The van der Waals surface area contributed by atoms with E-state index in [4.69, 9.17) is 0 Å². The normalized spacial score (nSPS) is 25.5. The van der Waals surface area contributed by atoms with E-state index in [1.165, 1.54) is 0 Å². The zero-order valence-electron chi connectivity index (χ0n) is 18.1. The second kappa shape index (κ2) is 8.32. The summed E-state index contributed by atoms with van der Waals surface area (Å²) in [5.41, 5.74) is 0.611. The van der Waals surface area contributed by atoms with E-state index in [1.807, 2.05) is 19.1 Å². The van der Waals surface area contributed by atoms with Crippen molar-refractivity contribution >= 4 is 23.8 Å². The summed E-state index contributed by atoms with van der Waals surface area (Å²) in [6, 6.07) is 6.80. The van der Waals surface area contributed by atoms with Gasteiger partial charge in [-0.15, -0.1) is 0 Å². The fourth-order valence-electron chi connectivity index (χ4n) is 4.77. The van der Waals surface area contributed by atoms with Crippen LogP contribution in [0.4, 0.5) is 4.79 Å². The van der Waals surface area contributed by atoms with Gasteiger partial charge in [0.2, 0.25) is 5.91 Å². The van der Waals surface area contributed by atoms with Gasteiger partial charge in [-0.1, -0.05) is 31.9 Å². The molecule has 166 valence electrons. The average molecular weight is 427 g/mol. The van der Waals surface area contributed by atoms with Crippen molar-refractivity contribution in [1.29, 1.82) is 0 Å². The van der Waals surface area contributed by atoms with E-state index >= 15 is 0 Å². The Morgan fingerprint density at radius 1 is 1.16 bits per heavy atom. The third kappa shape index (κ3) is 4.03. The van der Waals surface area contributed by atoms with E-state index < -0.39 is 11.6 Å². The van der Waals surface area contributed by atoms with Gasteiger partial charge in [-0.05, 0) is 49.3 Å². The maximum atomic E-state index is 13.2. The topological polar surface area (TPSA) is 98.8 Å². The molecule has 2 unspecified atom stereocenters. The lowest BCUT2D eigenvalue weighted by Crippen LogP contribution is -2.54. The van der Waals surface area contributed by atoms with Gasteiger partial charge >= 0.3 is 6.03 Å². The molecule has 0 radical (unpaired) electrons. The molecule has 5 amide bonds. The van der Waals surface area contributed by atoms with Gasteiger partial charge in [0.15, 0.2) is 0 Å². The summed E-state index contributed by atoms with van der Waals surface area (Å²) in [4.78, 5) is 53.5. The van der Waals surface area contributed by atoms with E-state index in [2.05, 4.69) is 10.6 Å². The summed E-state index contributed by atoms with van der Waals surface area (Å²) in [5.74, 6) is -0.576. The minimum absolute atomic E-state index is 0.0659. The molecular weight excluding hydrogens is 396 g/mol. The molecule has 3 fully saturated rings. The van der Waals surface area contributed by atoms with Crippen LogP contribution in [0.15, 0.2) is 24.3 Å². The Hall–Kier alpha value is -2.90. The molecule has 31 heavy (non-hydrogen) atoms. The van der Waals surface area contributed by atoms with Gasteiger partial charge in [-0.2, -0.15) is 0 Å². The van der Waals surface area contributed by atoms with Crippen LogP contribution in [0.2, 0.25) is 0 Å². The maximum Gasteiger partial charge on any atom is 0.325 e. The quantitative estimate of drug-likeness (QED) is 0.680. The van der Waals surface area contributed by atoms with Crippen LogP contribution in [0.3, 0.4) is 0 Å². The van der Waals surface area contributed by atoms with Crippen LogP contribution in [0, 0.1) is 5.92 Å². The van der Waals surface area contributed by atoms with Crippen LogP contribution in [0.5, 0.6) is 0 Å². The van der Waals surface area contributed by atoms with Gasteiger partial charge in [0, 0.05) is 25.2 Å². The van der Waals surface area contributed by atoms with Crippen LogP contribution in [0.25, 0.3) is 0 Å². The number of nitrogens with zero attached hydrogens (tertiary/aromatic N) is 2. The highest BCUT2D eigenvalue weighted by molar-refractivity contribution is 6.09. The molecule has 3 aliphatic rings. The number of imide groups is 1. The minimum Gasteiger partial charge on any atom is -0.355 e. The van der Waals surface area contributed by atoms with E-state index in [9.17, 15) is 19.2 Å². The third-order valence-corrected chi connectivity index (χ3v) is 6.90. The number of carbonyl (C=O) groups excluding carboxylic acids is 4. The number of urea groups is 1. The molecule has 2 atom stereocenters. The molecule has 0 aromatic heterocycles. The van der Waals surface area contributed by atoms with E-state index in [0.29, 0.717) is 18.5 Å². The van der Waals surface area contributed by atoms with Crippen molar-refractivity contribution in [3.05, 3.63) is 35.4 Å². The van der Waals surface area contributed by atoms with Crippen LogP contribution in [-0.4, -0.2) is 58.7 Å². The smallest absolute Gasteiger partial charge is 0.325 e. The molecule has 0 bridgehead atoms. The third-order valence-electron chi connectivity index (χ3n) is 6.90. The second-order valence-corrected chi connectivity index (χ2v) is 8.97. The Morgan fingerprint density at radius 2 is 1.87 bits per heavy atom. The molecule has 1 heterocycles. The summed E-state index contributed by atoms with van der Waals surface area (Å²) >= 11 is 0. The Bertz CT molecular complexity index is 895.